The van der Waals surface area contributed by atoms with Crippen molar-refractivity contribution in [3.63, 3.8) is 0 Å². The first-order valence-electron chi connectivity index (χ1n) is 4.75. The van der Waals surface area contributed by atoms with Gasteiger partial charge in [-0.1, -0.05) is 46.1 Å². The van der Waals surface area contributed by atoms with Gasteiger partial charge in [0, 0.05) is 11.1 Å². The quantitative estimate of drug-likeness (QED) is 0.688. The number of pyridine rings is 1. The van der Waals surface area contributed by atoms with Crippen molar-refractivity contribution in [2.24, 2.45) is 0 Å². The highest BCUT2D eigenvalue weighted by molar-refractivity contribution is 5.60. The lowest BCUT2D eigenvalue weighted by molar-refractivity contribution is 0.568. The maximum absolute atomic E-state index is 4.54. The molecule has 0 unspecified atom stereocenters. The van der Waals surface area contributed by atoms with Crippen LogP contribution in [0.1, 0.15) is 37.7 Å². The third kappa shape index (κ3) is 2.11. The summed E-state index contributed by atoms with van der Waals surface area (Å²) in [5.74, 6) is 0. The van der Waals surface area contributed by atoms with E-state index in [4.69, 9.17) is 0 Å². The Morgan fingerprint density at radius 1 is 1.14 bits per heavy atom. The molecule has 1 aromatic rings. The van der Waals surface area contributed by atoms with Crippen molar-refractivity contribution in [3.05, 3.63) is 42.2 Å². The molecule has 1 nitrogen and oxygen atoms in total. The fourth-order valence-electron chi connectivity index (χ4n) is 1.24. The van der Waals surface area contributed by atoms with Crippen molar-refractivity contribution in [1.29, 1.82) is 0 Å². The van der Waals surface area contributed by atoms with Gasteiger partial charge in [0.1, 0.15) is 0 Å². The average Bonchev–Trinajstić information content (AvgIpc) is 2.15. The van der Waals surface area contributed by atoms with E-state index in [2.05, 4.69) is 38.9 Å². The predicted molar refractivity (Wildman–Crippen MR) is 63.1 cm³/mol. The van der Waals surface area contributed by atoms with Crippen LogP contribution in [0, 0.1) is 0 Å². The monoisotopic (exact) mass is 187 g/mol. The molecule has 0 fully saturated rings. The minimum absolute atomic E-state index is 0.0808. The summed E-state index contributed by atoms with van der Waals surface area (Å²) in [5.41, 5.74) is 3.11. The fourth-order valence-corrected chi connectivity index (χ4v) is 1.24. The summed E-state index contributed by atoms with van der Waals surface area (Å²) in [6.07, 6.45) is 3.57. The largest absolute Gasteiger partial charge is 0.252 e. The Bertz CT molecular complexity index is 356. The zero-order chi connectivity index (χ0) is 10.8. The standard InChI is InChI=1S/C13H17N/c1-6-10-8-9-12(13(3,4)5)14-11(10)7-2/h6-9H,1-2H2,3-5H3. The van der Waals surface area contributed by atoms with Crippen LogP contribution in [-0.4, -0.2) is 4.98 Å². The highest BCUT2D eigenvalue weighted by Crippen LogP contribution is 2.22. The van der Waals surface area contributed by atoms with Crippen molar-refractivity contribution in [2.75, 3.05) is 0 Å². The molecule has 0 atom stereocenters. The summed E-state index contributed by atoms with van der Waals surface area (Å²) in [5, 5.41) is 0. The highest BCUT2D eigenvalue weighted by Gasteiger charge is 2.15. The number of rotatable bonds is 2. The second kappa shape index (κ2) is 3.79. The third-order valence-electron chi connectivity index (χ3n) is 2.14. The smallest absolute Gasteiger partial charge is 0.0699 e. The first-order valence-corrected chi connectivity index (χ1v) is 4.75. The molecule has 1 heteroatoms. The molecule has 0 amide bonds. The minimum atomic E-state index is 0.0808. The Hall–Kier alpha value is -1.37. The lowest BCUT2D eigenvalue weighted by Gasteiger charge is -2.18. The van der Waals surface area contributed by atoms with Crippen LogP contribution in [0.3, 0.4) is 0 Å². The van der Waals surface area contributed by atoms with Gasteiger partial charge in [-0.15, -0.1) is 0 Å². The Balaban J connectivity index is 3.27. The van der Waals surface area contributed by atoms with E-state index in [-0.39, 0.29) is 5.41 Å². The Kier molecular flexibility index (Phi) is 2.90. The van der Waals surface area contributed by atoms with Gasteiger partial charge in [-0.25, -0.2) is 0 Å². The van der Waals surface area contributed by atoms with E-state index >= 15 is 0 Å². The molecule has 14 heavy (non-hydrogen) atoms. The fraction of sp³-hybridized carbons (Fsp3) is 0.308. The molecule has 0 spiro atoms. The average molecular weight is 187 g/mol. The Morgan fingerprint density at radius 3 is 2.21 bits per heavy atom. The van der Waals surface area contributed by atoms with Gasteiger partial charge in [0.25, 0.3) is 0 Å². The molecule has 1 aromatic heterocycles. The highest BCUT2D eigenvalue weighted by atomic mass is 14.7. The first-order chi connectivity index (χ1) is 6.49. The maximum atomic E-state index is 4.54. The molecule has 0 saturated carbocycles. The van der Waals surface area contributed by atoms with Crippen molar-refractivity contribution in [1.82, 2.24) is 4.98 Å². The van der Waals surface area contributed by atoms with Gasteiger partial charge in [-0.3, -0.25) is 4.98 Å². The van der Waals surface area contributed by atoms with Gasteiger partial charge in [-0.05, 0) is 17.7 Å². The maximum Gasteiger partial charge on any atom is 0.0699 e. The van der Waals surface area contributed by atoms with Crippen LogP contribution in [0.5, 0.6) is 0 Å². The Morgan fingerprint density at radius 2 is 1.79 bits per heavy atom. The molecular formula is C13H17N. The van der Waals surface area contributed by atoms with E-state index in [0.717, 1.165) is 17.0 Å². The molecule has 0 radical (unpaired) electrons. The van der Waals surface area contributed by atoms with E-state index in [0.29, 0.717) is 0 Å². The number of nitrogens with zero attached hydrogens (tertiary/aromatic N) is 1. The molecule has 1 rings (SSSR count). The van der Waals surface area contributed by atoms with Crippen LogP contribution in [0.2, 0.25) is 0 Å². The topological polar surface area (TPSA) is 12.9 Å². The zero-order valence-electron chi connectivity index (χ0n) is 9.17. The number of hydrogen-bond acceptors (Lipinski definition) is 1. The molecule has 0 N–H and O–H groups in total. The molecule has 0 aliphatic heterocycles. The van der Waals surface area contributed by atoms with Gasteiger partial charge >= 0.3 is 0 Å². The molecule has 74 valence electrons. The molecular weight excluding hydrogens is 170 g/mol. The molecule has 0 aromatic carbocycles. The summed E-state index contributed by atoms with van der Waals surface area (Å²) >= 11 is 0. The summed E-state index contributed by atoms with van der Waals surface area (Å²) in [4.78, 5) is 4.54. The first kappa shape index (κ1) is 10.7. The molecule has 0 saturated heterocycles. The van der Waals surface area contributed by atoms with Crippen molar-refractivity contribution in [2.45, 2.75) is 26.2 Å². The molecule has 0 aliphatic carbocycles. The lowest BCUT2D eigenvalue weighted by atomic mass is 9.91. The number of aromatic nitrogens is 1. The van der Waals surface area contributed by atoms with Gasteiger partial charge in [0.15, 0.2) is 0 Å². The third-order valence-corrected chi connectivity index (χ3v) is 2.14. The van der Waals surface area contributed by atoms with Crippen LogP contribution in [0.15, 0.2) is 25.3 Å². The van der Waals surface area contributed by atoms with Crippen LogP contribution >= 0.6 is 0 Å². The van der Waals surface area contributed by atoms with E-state index in [1.165, 1.54) is 0 Å². The number of hydrogen-bond donors (Lipinski definition) is 0. The summed E-state index contributed by atoms with van der Waals surface area (Å²) in [6, 6.07) is 4.08. The van der Waals surface area contributed by atoms with E-state index < -0.39 is 0 Å². The van der Waals surface area contributed by atoms with E-state index in [9.17, 15) is 0 Å². The van der Waals surface area contributed by atoms with Crippen LogP contribution in [-0.2, 0) is 5.41 Å². The Labute approximate surface area is 86.2 Å². The van der Waals surface area contributed by atoms with E-state index in [1.807, 2.05) is 12.1 Å². The van der Waals surface area contributed by atoms with Crippen molar-refractivity contribution in [3.8, 4) is 0 Å². The van der Waals surface area contributed by atoms with Gasteiger partial charge < -0.3 is 0 Å². The summed E-state index contributed by atoms with van der Waals surface area (Å²) < 4.78 is 0. The predicted octanol–water partition coefficient (Wildman–Crippen LogP) is 3.67. The zero-order valence-corrected chi connectivity index (χ0v) is 9.17. The van der Waals surface area contributed by atoms with Crippen LogP contribution in [0.25, 0.3) is 12.2 Å². The van der Waals surface area contributed by atoms with Crippen LogP contribution in [0.4, 0.5) is 0 Å². The molecule has 0 bridgehead atoms. The van der Waals surface area contributed by atoms with Gasteiger partial charge in [0.2, 0.25) is 0 Å². The second-order valence-electron chi connectivity index (χ2n) is 4.33. The molecule has 0 aliphatic rings. The minimum Gasteiger partial charge on any atom is -0.252 e. The molecule has 1 heterocycles. The SMILES string of the molecule is C=Cc1ccc(C(C)(C)C)nc1C=C. The van der Waals surface area contributed by atoms with Crippen molar-refractivity contribution < 1.29 is 0 Å². The van der Waals surface area contributed by atoms with Crippen LogP contribution < -0.4 is 0 Å². The lowest BCUT2D eigenvalue weighted by Crippen LogP contribution is -2.14. The van der Waals surface area contributed by atoms with Crippen molar-refractivity contribution >= 4 is 12.2 Å². The second-order valence-corrected chi connectivity index (χ2v) is 4.33. The normalized spacial score (nSPS) is 11.1. The van der Waals surface area contributed by atoms with E-state index in [1.54, 1.807) is 12.2 Å². The van der Waals surface area contributed by atoms with Gasteiger partial charge in [-0.2, -0.15) is 0 Å². The summed E-state index contributed by atoms with van der Waals surface area (Å²) in [7, 11) is 0. The summed E-state index contributed by atoms with van der Waals surface area (Å²) in [6.45, 7) is 13.9. The van der Waals surface area contributed by atoms with Gasteiger partial charge in [0.05, 0.1) is 5.69 Å².